The summed E-state index contributed by atoms with van der Waals surface area (Å²) in [7, 11) is -4.68. The van der Waals surface area contributed by atoms with E-state index in [0.29, 0.717) is 0 Å². The van der Waals surface area contributed by atoms with Crippen molar-refractivity contribution in [3.05, 3.63) is 78.4 Å². The zero-order valence-corrected chi connectivity index (χ0v) is 15.6. The summed E-state index contributed by atoms with van der Waals surface area (Å²) < 4.78 is 49.8. The van der Waals surface area contributed by atoms with Crippen LogP contribution in [0.3, 0.4) is 0 Å². The number of alkyl halides is 2. The fourth-order valence-corrected chi connectivity index (χ4v) is 3.33. The van der Waals surface area contributed by atoms with Crippen LogP contribution >= 0.6 is 0 Å². The van der Waals surface area contributed by atoms with Crippen molar-refractivity contribution < 1.29 is 22.0 Å². The maximum absolute atomic E-state index is 12.6. The van der Waals surface area contributed by atoms with Gasteiger partial charge in [0.2, 0.25) is 9.84 Å². The molecule has 0 aliphatic heterocycles. The van der Waals surface area contributed by atoms with Gasteiger partial charge in [-0.1, -0.05) is 12.1 Å². The summed E-state index contributed by atoms with van der Waals surface area (Å²) in [6.07, 6.45) is 5.17. The second-order valence-electron chi connectivity index (χ2n) is 6.09. The molecular formula is C19H17F2N3O3S. The molecule has 0 saturated carbocycles. The minimum Gasteiger partial charge on any atom is -0.346 e. The molecule has 1 heterocycles. The molecule has 0 aliphatic rings. The smallest absolute Gasteiger partial charge is 0.341 e. The highest BCUT2D eigenvalue weighted by Gasteiger charge is 2.26. The molecule has 1 N–H and O–H groups in total. The molecule has 28 heavy (non-hydrogen) atoms. The maximum Gasteiger partial charge on any atom is 0.341 e. The second-order valence-corrected chi connectivity index (χ2v) is 8.00. The SMILES string of the molecule is CC(NC(=O)c1ccc(S(=O)(=O)C(F)F)cc1)c1ccc(-n2ccnc2)cc1. The number of nitrogens with zero attached hydrogens (tertiary/aromatic N) is 2. The van der Waals surface area contributed by atoms with Crippen LogP contribution in [0.1, 0.15) is 28.9 Å². The molecule has 3 rings (SSSR count). The number of hydrogen-bond donors (Lipinski definition) is 1. The molecule has 146 valence electrons. The summed E-state index contributed by atoms with van der Waals surface area (Å²) in [6, 6.07) is 11.6. The Morgan fingerprint density at radius 2 is 1.71 bits per heavy atom. The van der Waals surface area contributed by atoms with Gasteiger partial charge in [-0.2, -0.15) is 8.78 Å². The van der Waals surface area contributed by atoms with Gasteiger partial charge < -0.3 is 9.88 Å². The van der Waals surface area contributed by atoms with Gasteiger partial charge in [0.1, 0.15) is 0 Å². The lowest BCUT2D eigenvalue weighted by atomic mass is 10.1. The van der Waals surface area contributed by atoms with Crippen molar-refractivity contribution in [2.24, 2.45) is 0 Å². The van der Waals surface area contributed by atoms with Crippen LogP contribution in [0, 0.1) is 0 Å². The summed E-state index contributed by atoms with van der Waals surface area (Å²) in [6.45, 7) is 1.81. The van der Waals surface area contributed by atoms with Gasteiger partial charge in [-0.05, 0) is 48.9 Å². The summed E-state index contributed by atoms with van der Waals surface area (Å²) >= 11 is 0. The number of hydrogen-bond acceptors (Lipinski definition) is 4. The first-order chi connectivity index (χ1) is 13.3. The monoisotopic (exact) mass is 405 g/mol. The van der Waals surface area contributed by atoms with E-state index in [1.54, 1.807) is 19.4 Å². The molecule has 3 aromatic rings. The maximum atomic E-state index is 12.6. The van der Waals surface area contributed by atoms with E-state index in [0.717, 1.165) is 23.4 Å². The Labute approximate surface area is 160 Å². The number of halogens is 2. The van der Waals surface area contributed by atoms with E-state index in [9.17, 15) is 22.0 Å². The fraction of sp³-hybridized carbons (Fsp3) is 0.158. The number of carbonyl (C=O) groups excluding carboxylic acids is 1. The van der Waals surface area contributed by atoms with E-state index in [1.807, 2.05) is 35.0 Å². The van der Waals surface area contributed by atoms with Crippen LogP contribution in [0.15, 0.2) is 72.1 Å². The quantitative estimate of drug-likeness (QED) is 0.682. The van der Waals surface area contributed by atoms with Crippen molar-refractivity contribution in [1.29, 1.82) is 0 Å². The van der Waals surface area contributed by atoms with Gasteiger partial charge in [0, 0.05) is 23.6 Å². The number of rotatable bonds is 6. The first-order valence-electron chi connectivity index (χ1n) is 8.30. The highest BCUT2D eigenvalue weighted by Crippen LogP contribution is 2.20. The minimum absolute atomic E-state index is 0.176. The number of aromatic nitrogens is 2. The lowest BCUT2D eigenvalue weighted by Crippen LogP contribution is -2.26. The molecule has 1 aromatic heterocycles. The van der Waals surface area contributed by atoms with Crippen LogP contribution in [-0.2, 0) is 9.84 Å². The van der Waals surface area contributed by atoms with E-state index in [-0.39, 0.29) is 11.6 Å². The molecule has 6 nitrogen and oxygen atoms in total. The van der Waals surface area contributed by atoms with Gasteiger partial charge in [0.05, 0.1) is 17.3 Å². The number of nitrogens with one attached hydrogen (secondary N) is 1. The first kappa shape index (κ1) is 19.7. The molecule has 9 heteroatoms. The van der Waals surface area contributed by atoms with Crippen LogP contribution in [-0.4, -0.2) is 29.6 Å². The zero-order chi connectivity index (χ0) is 20.3. The standard InChI is InChI=1S/C19H17F2N3O3S/c1-13(14-2-6-16(7-3-14)24-11-10-22-12-24)23-18(25)15-4-8-17(9-5-15)28(26,27)19(20)21/h2-13,19H,1H3,(H,23,25). The van der Waals surface area contributed by atoms with Gasteiger partial charge in [0.25, 0.3) is 5.91 Å². The van der Waals surface area contributed by atoms with Crippen LogP contribution in [0.4, 0.5) is 8.78 Å². The fourth-order valence-electron chi connectivity index (χ4n) is 2.61. The summed E-state index contributed by atoms with van der Waals surface area (Å²) in [4.78, 5) is 15.8. The molecule has 1 unspecified atom stereocenters. The van der Waals surface area contributed by atoms with Crippen molar-refractivity contribution in [2.45, 2.75) is 23.6 Å². The Kier molecular flexibility index (Phi) is 5.55. The Bertz CT molecular complexity index is 1050. The molecular weight excluding hydrogens is 388 g/mol. The number of carbonyl (C=O) groups is 1. The van der Waals surface area contributed by atoms with Gasteiger partial charge in [0.15, 0.2) is 0 Å². The Morgan fingerprint density at radius 1 is 1.07 bits per heavy atom. The average molecular weight is 405 g/mol. The molecule has 0 bridgehead atoms. The van der Waals surface area contributed by atoms with Crippen molar-refractivity contribution in [2.75, 3.05) is 0 Å². The lowest BCUT2D eigenvalue weighted by molar-refractivity contribution is 0.0940. The molecule has 2 aromatic carbocycles. The third-order valence-electron chi connectivity index (χ3n) is 4.22. The molecule has 1 atom stereocenters. The Morgan fingerprint density at radius 3 is 2.25 bits per heavy atom. The number of imidazole rings is 1. The van der Waals surface area contributed by atoms with E-state index >= 15 is 0 Å². The molecule has 0 radical (unpaired) electrons. The summed E-state index contributed by atoms with van der Waals surface area (Å²) in [5.41, 5.74) is 1.97. The molecule has 0 aliphatic carbocycles. The number of amides is 1. The van der Waals surface area contributed by atoms with Crippen molar-refractivity contribution in [3.63, 3.8) is 0 Å². The Hall–Kier alpha value is -3.07. The minimum atomic E-state index is -4.68. The van der Waals surface area contributed by atoms with E-state index < -0.39 is 26.4 Å². The van der Waals surface area contributed by atoms with E-state index in [2.05, 4.69) is 10.3 Å². The van der Waals surface area contributed by atoms with Crippen molar-refractivity contribution >= 4 is 15.7 Å². The van der Waals surface area contributed by atoms with Crippen LogP contribution in [0.25, 0.3) is 5.69 Å². The third kappa shape index (κ3) is 4.09. The summed E-state index contributed by atoms with van der Waals surface area (Å²) in [5, 5.41) is 2.79. The van der Waals surface area contributed by atoms with Gasteiger partial charge in [-0.3, -0.25) is 4.79 Å². The Balaban J connectivity index is 1.69. The van der Waals surface area contributed by atoms with Crippen molar-refractivity contribution in [1.82, 2.24) is 14.9 Å². The molecule has 0 fully saturated rings. The largest absolute Gasteiger partial charge is 0.346 e. The normalized spacial score (nSPS) is 12.7. The van der Waals surface area contributed by atoms with Gasteiger partial charge in [-0.25, -0.2) is 13.4 Å². The highest BCUT2D eigenvalue weighted by atomic mass is 32.2. The number of benzene rings is 2. The lowest BCUT2D eigenvalue weighted by Gasteiger charge is -2.15. The molecule has 1 amide bonds. The average Bonchev–Trinajstić information content (AvgIpc) is 3.23. The van der Waals surface area contributed by atoms with Crippen LogP contribution < -0.4 is 5.32 Å². The first-order valence-corrected chi connectivity index (χ1v) is 9.85. The van der Waals surface area contributed by atoms with Crippen molar-refractivity contribution in [3.8, 4) is 5.69 Å². The zero-order valence-electron chi connectivity index (χ0n) is 14.8. The highest BCUT2D eigenvalue weighted by molar-refractivity contribution is 7.91. The van der Waals surface area contributed by atoms with Crippen LogP contribution in [0.2, 0.25) is 0 Å². The predicted molar refractivity (Wildman–Crippen MR) is 99.1 cm³/mol. The van der Waals surface area contributed by atoms with Gasteiger partial charge >= 0.3 is 5.76 Å². The van der Waals surface area contributed by atoms with E-state index in [4.69, 9.17) is 0 Å². The van der Waals surface area contributed by atoms with Crippen LogP contribution in [0.5, 0.6) is 0 Å². The molecule has 0 spiro atoms. The summed E-state index contributed by atoms with van der Waals surface area (Å²) in [5.74, 6) is -3.94. The second kappa shape index (κ2) is 7.89. The van der Waals surface area contributed by atoms with Gasteiger partial charge in [-0.15, -0.1) is 0 Å². The number of sulfone groups is 1. The third-order valence-corrected chi connectivity index (χ3v) is 5.62. The van der Waals surface area contributed by atoms with E-state index in [1.165, 1.54) is 12.1 Å². The topological polar surface area (TPSA) is 81.1 Å². The molecule has 0 saturated heterocycles. The predicted octanol–water partition coefficient (Wildman–Crippen LogP) is 3.36.